The Labute approximate surface area is 112 Å². The molecule has 0 aliphatic heterocycles. The molecule has 1 amide bonds. The minimum Gasteiger partial charge on any atom is -0.450 e. The van der Waals surface area contributed by atoms with Gasteiger partial charge in [-0.2, -0.15) is 0 Å². The lowest BCUT2D eigenvalue weighted by Crippen LogP contribution is -2.39. The molecule has 0 spiro atoms. The van der Waals surface area contributed by atoms with Gasteiger partial charge in [0, 0.05) is 19.8 Å². The molecular formula is C12H27NO4Si. The maximum atomic E-state index is 11.0. The number of carbonyl (C=O) groups excluding carboxylic acids is 1. The SMILES string of the molecule is CCOC(=O)NCCC[SiH2]C(C)(OCC)OCC. The zero-order valence-corrected chi connectivity index (χ0v) is 13.5. The molecule has 108 valence electrons. The second-order valence-electron chi connectivity index (χ2n) is 4.10. The monoisotopic (exact) mass is 277 g/mol. The lowest BCUT2D eigenvalue weighted by atomic mass is 10.5. The minimum atomic E-state index is -0.486. The third kappa shape index (κ3) is 8.49. The van der Waals surface area contributed by atoms with Crippen LogP contribution in [-0.2, 0) is 14.2 Å². The second-order valence-corrected chi connectivity index (χ2v) is 6.60. The summed E-state index contributed by atoms with van der Waals surface area (Å²) in [5, 5.41) is 2.71. The third-order valence-electron chi connectivity index (χ3n) is 2.50. The summed E-state index contributed by atoms with van der Waals surface area (Å²) in [6, 6.07) is 1.07. The first-order chi connectivity index (χ1) is 8.58. The van der Waals surface area contributed by atoms with E-state index in [9.17, 15) is 4.79 Å². The van der Waals surface area contributed by atoms with Gasteiger partial charge >= 0.3 is 6.09 Å². The van der Waals surface area contributed by atoms with Crippen molar-refractivity contribution in [3.05, 3.63) is 0 Å². The van der Waals surface area contributed by atoms with Crippen LogP contribution in [0.3, 0.4) is 0 Å². The summed E-state index contributed by atoms with van der Waals surface area (Å²) in [5.41, 5.74) is -0.368. The Morgan fingerprint density at radius 2 is 1.78 bits per heavy atom. The Kier molecular flexibility index (Phi) is 10.00. The summed E-state index contributed by atoms with van der Waals surface area (Å²) < 4.78 is 16.1. The van der Waals surface area contributed by atoms with E-state index in [1.807, 2.05) is 20.8 Å². The Hall–Kier alpha value is -0.593. The van der Waals surface area contributed by atoms with Crippen molar-refractivity contribution in [3.8, 4) is 0 Å². The molecule has 0 radical (unpaired) electrons. The summed E-state index contributed by atoms with van der Waals surface area (Å²) in [6.07, 6.45) is 0.609. The van der Waals surface area contributed by atoms with Gasteiger partial charge in [-0.3, -0.25) is 0 Å². The van der Waals surface area contributed by atoms with E-state index in [1.54, 1.807) is 6.92 Å². The molecule has 0 aromatic carbocycles. The standard InChI is InChI=1S/C12H27NO4Si/c1-5-15-11(14)13-9-8-10-18-12(4,16-6-2)17-7-3/h5-10,18H2,1-4H3,(H,13,14). The van der Waals surface area contributed by atoms with E-state index in [2.05, 4.69) is 5.32 Å². The van der Waals surface area contributed by atoms with E-state index in [0.717, 1.165) is 12.5 Å². The number of rotatable bonds is 10. The van der Waals surface area contributed by atoms with Gasteiger partial charge in [-0.1, -0.05) is 6.04 Å². The lowest BCUT2D eigenvalue weighted by molar-refractivity contribution is -0.163. The first-order valence-electron chi connectivity index (χ1n) is 6.76. The molecule has 0 unspecified atom stereocenters. The van der Waals surface area contributed by atoms with Gasteiger partial charge in [0.15, 0.2) is 0 Å². The molecule has 0 aromatic heterocycles. The number of hydrogen-bond donors (Lipinski definition) is 1. The molecule has 0 aromatic rings. The van der Waals surface area contributed by atoms with Crippen molar-refractivity contribution in [3.63, 3.8) is 0 Å². The number of amides is 1. The van der Waals surface area contributed by atoms with E-state index < -0.39 is 9.52 Å². The maximum absolute atomic E-state index is 11.0. The maximum Gasteiger partial charge on any atom is 0.407 e. The highest BCUT2D eigenvalue weighted by Gasteiger charge is 2.24. The summed E-state index contributed by atoms with van der Waals surface area (Å²) in [6.45, 7) is 10.2. The molecule has 18 heavy (non-hydrogen) atoms. The van der Waals surface area contributed by atoms with Gasteiger partial charge in [-0.25, -0.2) is 4.79 Å². The molecule has 0 aliphatic rings. The average Bonchev–Trinajstić information content (AvgIpc) is 2.29. The van der Waals surface area contributed by atoms with Gasteiger partial charge < -0.3 is 19.5 Å². The van der Waals surface area contributed by atoms with Crippen LogP contribution in [0.2, 0.25) is 6.04 Å². The van der Waals surface area contributed by atoms with Crippen LogP contribution in [0.1, 0.15) is 34.1 Å². The van der Waals surface area contributed by atoms with Crippen LogP contribution in [0.5, 0.6) is 0 Å². The Balaban J connectivity index is 3.70. The fourth-order valence-electron chi connectivity index (χ4n) is 1.74. The van der Waals surface area contributed by atoms with Crippen LogP contribution >= 0.6 is 0 Å². The quantitative estimate of drug-likeness (QED) is 0.373. The first-order valence-corrected chi connectivity index (χ1v) is 8.47. The van der Waals surface area contributed by atoms with Crippen LogP contribution < -0.4 is 5.32 Å². The molecule has 1 N–H and O–H groups in total. The topological polar surface area (TPSA) is 56.8 Å². The average molecular weight is 277 g/mol. The predicted octanol–water partition coefficient (Wildman–Crippen LogP) is 1.46. The Morgan fingerprint density at radius 1 is 1.17 bits per heavy atom. The molecule has 0 rings (SSSR count). The van der Waals surface area contributed by atoms with Crippen molar-refractivity contribution in [1.82, 2.24) is 5.32 Å². The van der Waals surface area contributed by atoms with Crippen LogP contribution in [0.4, 0.5) is 4.79 Å². The van der Waals surface area contributed by atoms with E-state index in [-0.39, 0.29) is 11.5 Å². The highest BCUT2D eigenvalue weighted by molar-refractivity contribution is 6.38. The number of hydrogen-bond acceptors (Lipinski definition) is 4. The van der Waals surface area contributed by atoms with E-state index in [4.69, 9.17) is 14.2 Å². The minimum absolute atomic E-state index is 0.337. The van der Waals surface area contributed by atoms with Crippen molar-refractivity contribution < 1.29 is 19.0 Å². The summed E-state index contributed by atoms with van der Waals surface area (Å²) >= 11 is 0. The van der Waals surface area contributed by atoms with Gasteiger partial charge in [-0.15, -0.1) is 0 Å². The van der Waals surface area contributed by atoms with Crippen LogP contribution in [0.25, 0.3) is 0 Å². The number of ether oxygens (including phenoxy) is 3. The smallest absolute Gasteiger partial charge is 0.407 e. The third-order valence-corrected chi connectivity index (χ3v) is 4.67. The molecule has 0 fully saturated rings. The number of carbonyl (C=O) groups is 1. The van der Waals surface area contributed by atoms with E-state index in [1.165, 1.54) is 0 Å². The molecular weight excluding hydrogens is 250 g/mol. The summed E-state index contributed by atoms with van der Waals surface area (Å²) in [4.78, 5) is 11.0. The van der Waals surface area contributed by atoms with Gasteiger partial charge in [0.05, 0.1) is 16.1 Å². The molecule has 0 saturated heterocycles. The van der Waals surface area contributed by atoms with E-state index >= 15 is 0 Å². The van der Waals surface area contributed by atoms with Gasteiger partial charge in [0.2, 0.25) is 0 Å². The second kappa shape index (κ2) is 10.3. The van der Waals surface area contributed by atoms with E-state index in [0.29, 0.717) is 26.4 Å². The molecule has 0 aliphatic carbocycles. The van der Waals surface area contributed by atoms with Gasteiger partial charge in [0.1, 0.15) is 5.41 Å². The zero-order valence-electron chi connectivity index (χ0n) is 12.1. The fraction of sp³-hybridized carbons (Fsp3) is 0.917. The highest BCUT2D eigenvalue weighted by Crippen LogP contribution is 2.13. The van der Waals surface area contributed by atoms with Gasteiger partial charge in [-0.05, 0) is 34.1 Å². The number of nitrogens with one attached hydrogen (secondary N) is 1. The fourth-order valence-corrected chi connectivity index (χ4v) is 3.58. The number of alkyl carbamates (subject to hydrolysis) is 1. The summed E-state index contributed by atoms with van der Waals surface area (Å²) in [5.74, 6) is 0. The molecule has 0 saturated carbocycles. The molecule has 0 atom stereocenters. The van der Waals surface area contributed by atoms with Crippen molar-refractivity contribution in [1.29, 1.82) is 0 Å². The molecule has 6 heteroatoms. The Bertz CT molecular complexity index is 220. The molecule has 5 nitrogen and oxygen atoms in total. The Morgan fingerprint density at radius 3 is 2.28 bits per heavy atom. The van der Waals surface area contributed by atoms with Crippen LogP contribution in [0, 0.1) is 0 Å². The lowest BCUT2D eigenvalue weighted by Gasteiger charge is -2.29. The highest BCUT2D eigenvalue weighted by atomic mass is 28.2. The van der Waals surface area contributed by atoms with Crippen molar-refractivity contribution in [2.75, 3.05) is 26.4 Å². The predicted molar refractivity (Wildman–Crippen MR) is 74.6 cm³/mol. The van der Waals surface area contributed by atoms with Gasteiger partial charge in [0.25, 0.3) is 0 Å². The first kappa shape index (κ1) is 17.4. The largest absolute Gasteiger partial charge is 0.450 e. The summed E-state index contributed by atoms with van der Waals surface area (Å²) in [7, 11) is -0.486. The van der Waals surface area contributed by atoms with Crippen molar-refractivity contribution in [2.24, 2.45) is 0 Å². The van der Waals surface area contributed by atoms with Crippen LogP contribution in [-0.4, -0.2) is 47.4 Å². The van der Waals surface area contributed by atoms with Crippen molar-refractivity contribution in [2.45, 2.75) is 45.6 Å². The molecule has 0 heterocycles. The molecule has 0 bridgehead atoms. The van der Waals surface area contributed by atoms with Crippen LogP contribution in [0.15, 0.2) is 0 Å². The van der Waals surface area contributed by atoms with Crippen molar-refractivity contribution >= 4 is 15.6 Å². The zero-order chi connectivity index (χ0) is 13.9. The normalized spacial score (nSPS) is 12.0.